The first-order valence-electron chi connectivity index (χ1n) is 7.33. The van der Waals surface area contributed by atoms with Gasteiger partial charge in [0.1, 0.15) is 5.75 Å². The third-order valence-electron chi connectivity index (χ3n) is 3.33. The lowest BCUT2D eigenvalue weighted by molar-refractivity contribution is 0.344. The summed E-state index contributed by atoms with van der Waals surface area (Å²) in [6, 6.07) is 16.8. The molecule has 0 unspecified atom stereocenters. The average Bonchev–Trinajstić information content (AvgIpc) is 2.52. The third-order valence-corrected chi connectivity index (χ3v) is 4.30. The van der Waals surface area contributed by atoms with Gasteiger partial charge in [0.15, 0.2) is 0 Å². The van der Waals surface area contributed by atoms with Crippen LogP contribution in [0.3, 0.4) is 0 Å². The molecule has 0 atom stereocenters. The lowest BCUT2D eigenvalue weighted by Crippen LogP contribution is -2.01. The van der Waals surface area contributed by atoms with Crippen molar-refractivity contribution in [3.8, 4) is 5.75 Å². The second kappa shape index (κ2) is 8.11. The van der Waals surface area contributed by atoms with Gasteiger partial charge in [-0.05, 0) is 41.3 Å². The summed E-state index contributed by atoms with van der Waals surface area (Å²) in [5.74, 6) is 2.44. The maximum Gasteiger partial charge on any atom is 0.119 e. The van der Waals surface area contributed by atoms with E-state index < -0.39 is 0 Å². The van der Waals surface area contributed by atoms with E-state index in [1.54, 1.807) is 0 Å². The Morgan fingerprint density at radius 2 is 1.67 bits per heavy atom. The standard InChI is InChI=1S/C18H23NOS/c1-14(2)16-5-9-18(10-6-16)21-12-11-20-17-7-3-15(13-19)4-8-17/h3-10,14H,11-13,19H2,1-2H3. The van der Waals surface area contributed by atoms with E-state index in [0.29, 0.717) is 19.1 Å². The fourth-order valence-corrected chi connectivity index (χ4v) is 2.72. The highest BCUT2D eigenvalue weighted by molar-refractivity contribution is 7.99. The van der Waals surface area contributed by atoms with Crippen molar-refractivity contribution in [3.05, 3.63) is 59.7 Å². The Morgan fingerprint density at radius 3 is 2.24 bits per heavy atom. The molecule has 3 heteroatoms. The van der Waals surface area contributed by atoms with Crippen molar-refractivity contribution in [2.45, 2.75) is 31.2 Å². The molecule has 0 aliphatic carbocycles. The molecule has 112 valence electrons. The summed E-state index contributed by atoms with van der Waals surface area (Å²) in [4.78, 5) is 1.29. The first kappa shape index (κ1) is 15.9. The molecule has 0 aromatic heterocycles. The highest BCUT2D eigenvalue weighted by Crippen LogP contribution is 2.22. The lowest BCUT2D eigenvalue weighted by Gasteiger charge is -2.08. The van der Waals surface area contributed by atoms with Gasteiger partial charge in [-0.25, -0.2) is 0 Å². The van der Waals surface area contributed by atoms with E-state index in [1.807, 2.05) is 36.0 Å². The van der Waals surface area contributed by atoms with E-state index in [2.05, 4.69) is 38.1 Å². The van der Waals surface area contributed by atoms with Gasteiger partial charge in [0.25, 0.3) is 0 Å². The van der Waals surface area contributed by atoms with Gasteiger partial charge in [-0.2, -0.15) is 0 Å². The van der Waals surface area contributed by atoms with E-state index in [4.69, 9.17) is 10.5 Å². The van der Waals surface area contributed by atoms with Gasteiger partial charge in [0.05, 0.1) is 6.61 Å². The Kier molecular flexibility index (Phi) is 6.15. The van der Waals surface area contributed by atoms with Gasteiger partial charge < -0.3 is 10.5 Å². The van der Waals surface area contributed by atoms with Crippen LogP contribution in [-0.4, -0.2) is 12.4 Å². The molecule has 0 heterocycles. The van der Waals surface area contributed by atoms with Crippen molar-refractivity contribution < 1.29 is 4.74 Å². The predicted octanol–water partition coefficient (Wildman–Crippen LogP) is 4.44. The number of thioether (sulfide) groups is 1. The van der Waals surface area contributed by atoms with Crippen molar-refractivity contribution in [1.82, 2.24) is 0 Å². The normalized spacial score (nSPS) is 10.9. The Bertz CT molecular complexity index is 534. The molecule has 0 radical (unpaired) electrons. The molecule has 0 aliphatic heterocycles. The van der Waals surface area contributed by atoms with Crippen molar-refractivity contribution >= 4 is 11.8 Å². The highest BCUT2D eigenvalue weighted by Gasteiger charge is 2.00. The summed E-state index contributed by atoms with van der Waals surface area (Å²) < 4.78 is 5.73. The van der Waals surface area contributed by atoms with Gasteiger partial charge in [-0.15, -0.1) is 11.8 Å². The average molecular weight is 301 g/mol. The number of ether oxygens (including phenoxy) is 1. The number of benzene rings is 2. The fraction of sp³-hybridized carbons (Fsp3) is 0.333. The number of hydrogen-bond donors (Lipinski definition) is 1. The van der Waals surface area contributed by atoms with Crippen LogP contribution in [0.4, 0.5) is 0 Å². The zero-order chi connectivity index (χ0) is 15.1. The van der Waals surface area contributed by atoms with Crippen LogP contribution in [0.25, 0.3) is 0 Å². The summed E-state index contributed by atoms with van der Waals surface area (Å²) in [6.07, 6.45) is 0. The maximum atomic E-state index is 5.73. The maximum absolute atomic E-state index is 5.73. The summed E-state index contributed by atoms with van der Waals surface area (Å²) in [6.45, 7) is 5.71. The summed E-state index contributed by atoms with van der Waals surface area (Å²) in [5, 5.41) is 0. The monoisotopic (exact) mass is 301 g/mol. The Morgan fingerprint density at radius 1 is 1.00 bits per heavy atom. The molecule has 0 saturated heterocycles. The zero-order valence-electron chi connectivity index (χ0n) is 12.7. The van der Waals surface area contributed by atoms with E-state index in [1.165, 1.54) is 10.5 Å². The van der Waals surface area contributed by atoms with Crippen LogP contribution in [0.1, 0.15) is 30.9 Å². The molecule has 0 aliphatic rings. The first-order valence-corrected chi connectivity index (χ1v) is 8.32. The largest absolute Gasteiger partial charge is 0.493 e. The minimum absolute atomic E-state index is 0.572. The molecule has 2 rings (SSSR count). The van der Waals surface area contributed by atoms with Gasteiger partial charge in [0.2, 0.25) is 0 Å². The van der Waals surface area contributed by atoms with E-state index >= 15 is 0 Å². The minimum atomic E-state index is 0.572. The Hall–Kier alpha value is -1.45. The molecule has 0 spiro atoms. The van der Waals surface area contributed by atoms with Crippen LogP contribution in [0.15, 0.2) is 53.4 Å². The Labute approximate surface area is 131 Å². The Balaban J connectivity index is 1.73. The molecular formula is C18H23NOS. The molecule has 2 nitrogen and oxygen atoms in total. The van der Waals surface area contributed by atoms with E-state index in [9.17, 15) is 0 Å². The summed E-state index contributed by atoms with van der Waals surface area (Å²) in [5.41, 5.74) is 8.08. The van der Waals surface area contributed by atoms with Gasteiger partial charge >= 0.3 is 0 Å². The van der Waals surface area contributed by atoms with Crippen LogP contribution < -0.4 is 10.5 Å². The molecule has 0 bridgehead atoms. The molecule has 2 N–H and O–H groups in total. The van der Waals surface area contributed by atoms with Gasteiger partial charge in [-0.1, -0.05) is 38.1 Å². The lowest BCUT2D eigenvalue weighted by atomic mass is 10.0. The summed E-state index contributed by atoms with van der Waals surface area (Å²) >= 11 is 1.82. The predicted molar refractivity (Wildman–Crippen MR) is 91.1 cm³/mol. The second-order valence-electron chi connectivity index (χ2n) is 5.27. The molecule has 0 amide bonds. The SMILES string of the molecule is CC(C)c1ccc(SCCOc2ccc(CN)cc2)cc1. The number of nitrogens with two attached hydrogens (primary N) is 1. The quantitative estimate of drug-likeness (QED) is 0.606. The number of rotatable bonds is 7. The summed E-state index contributed by atoms with van der Waals surface area (Å²) in [7, 11) is 0. The first-order chi connectivity index (χ1) is 10.2. The molecule has 2 aromatic carbocycles. The molecule has 0 saturated carbocycles. The highest BCUT2D eigenvalue weighted by atomic mass is 32.2. The van der Waals surface area contributed by atoms with Gasteiger partial charge in [-0.3, -0.25) is 0 Å². The number of hydrogen-bond acceptors (Lipinski definition) is 3. The fourth-order valence-electron chi connectivity index (χ4n) is 1.99. The van der Waals surface area contributed by atoms with Crippen molar-refractivity contribution in [1.29, 1.82) is 0 Å². The van der Waals surface area contributed by atoms with Crippen LogP contribution >= 0.6 is 11.8 Å². The molecule has 0 fully saturated rings. The van der Waals surface area contributed by atoms with E-state index in [0.717, 1.165) is 17.1 Å². The smallest absolute Gasteiger partial charge is 0.119 e. The van der Waals surface area contributed by atoms with Crippen LogP contribution in [0.2, 0.25) is 0 Å². The molecule has 21 heavy (non-hydrogen) atoms. The zero-order valence-corrected chi connectivity index (χ0v) is 13.5. The van der Waals surface area contributed by atoms with Crippen LogP contribution in [0.5, 0.6) is 5.75 Å². The van der Waals surface area contributed by atoms with Crippen molar-refractivity contribution in [2.75, 3.05) is 12.4 Å². The van der Waals surface area contributed by atoms with Crippen molar-refractivity contribution in [2.24, 2.45) is 5.73 Å². The topological polar surface area (TPSA) is 35.2 Å². The molecular weight excluding hydrogens is 278 g/mol. The van der Waals surface area contributed by atoms with Crippen LogP contribution in [-0.2, 0) is 6.54 Å². The third kappa shape index (κ3) is 5.10. The van der Waals surface area contributed by atoms with Crippen LogP contribution in [0, 0.1) is 0 Å². The van der Waals surface area contributed by atoms with Crippen molar-refractivity contribution in [3.63, 3.8) is 0 Å². The second-order valence-corrected chi connectivity index (χ2v) is 6.44. The van der Waals surface area contributed by atoms with E-state index in [-0.39, 0.29) is 0 Å². The molecule has 2 aromatic rings. The minimum Gasteiger partial charge on any atom is -0.493 e. The van der Waals surface area contributed by atoms with Gasteiger partial charge in [0, 0.05) is 17.2 Å².